The van der Waals surface area contributed by atoms with Crippen LogP contribution in [0.4, 0.5) is 5.95 Å². The number of carbonyl (C=O) groups excluding carboxylic acids is 1. The lowest BCUT2D eigenvalue weighted by molar-refractivity contribution is -0.118. The smallest absolute Gasteiger partial charge is 0.280 e. The number of amides is 1. The fourth-order valence-electron chi connectivity index (χ4n) is 2.66. The molecule has 26 heavy (non-hydrogen) atoms. The summed E-state index contributed by atoms with van der Waals surface area (Å²) < 4.78 is 7.12. The van der Waals surface area contributed by atoms with E-state index in [1.54, 1.807) is 13.8 Å². The molecule has 0 spiro atoms. The maximum Gasteiger partial charge on any atom is 0.280 e. The second-order valence-corrected chi connectivity index (χ2v) is 6.25. The molecule has 0 saturated carbocycles. The summed E-state index contributed by atoms with van der Waals surface area (Å²) in [6.07, 6.45) is -0.567. The Morgan fingerprint density at radius 3 is 3.12 bits per heavy atom. The van der Waals surface area contributed by atoms with Crippen molar-refractivity contribution in [3.63, 3.8) is 0 Å². The molecule has 1 amide bonds. The Kier molecular flexibility index (Phi) is 4.89. The Morgan fingerprint density at radius 1 is 1.65 bits per heavy atom. The van der Waals surface area contributed by atoms with Gasteiger partial charge < -0.3 is 9.84 Å². The average molecular weight is 362 g/mol. The third-order valence-corrected chi connectivity index (χ3v) is 3.99. The van der Waals surface area contributed by atoms with Gasteiger partial charge in [0.25, 0.3) is 5.56 Å². The molecule has 0 aliphatic carbocycles. The van der Waals surface area contributed by atoms with Gasteiger partial charge in [0.05, 0.1) is 19.0 Å². The van der Waals surface area contributed by atoms with Crippen LogP contribution in [0.15, 0.2) is 16.2 Å². The minimum absolute atomic E-state index is 0.0129. The number of rotatable bonds is 5. The number of imidazole rings is 1. The maximum absolute atomic E-state index is 12.2. The summed E-state index contributed by atoms with van der Waals surface area (Å²) in [5.74, 6) is -0.603. The molecule has 3 atom stereocenters. The van der Waals surface area contributed by atoms with Crippen molar-refractivity contribution in [3.8, 4) is 0 Å². The molecular weight excluding hydrogens is 344 g/mol. The highest BCUT2D eigenvalue weighted by Gasteiger charge is 2.36. The number of hydrogen-bond donors (Lipinski definition) is 3. The van der Waals surface area contributed by atoms with Crippen LogP contribution < -0.4 is 10.9 Å². The van der Waals surface area contributed by atoms with Gasteiger partial charge in [-0.2, -0.15) is 4.98 Å². The van der Waals surface area contributed by atoms with E-state index in [1.807, 2.05) is 0 Å². The third kappa shape index (κ3) is 3.38. The number of H-pyrrole nitrogens is 1. The topological polar surface area (TPSA) is 171 Å². The second kappa shape index (κ2) is 7.12. The largest absolute Gasteiger partial charge is 0.388 e. The van der Waals surface area contributed by atoms with E-state index in [0.29, 0.717) is 0 Å². The lowest BCUT2D eigenvalue weighted by Gasteiger charge is -2.16. The van der Waals surface area contributed by atoms with Gasteiger partial charge in [-0.15, -0.1) is 0 Å². The van der Waals surface area contributed by atoms with Crippen LogP contribution in [0.2, 0.25) is 0 Å². The van der Waals surface area contributed by atoms with Gasteiger partial charge in [-0.3, -0.25) is 24.5 Å². The highest BCUT2D eigenvalue weighted by Crippen LogP contribution is 2.30. The first kappa shape index (κ1) is 17.9. The van der Waals surface area contributed by atoms with Gasteiger partial charge in [-0.05, 0) is 5.53 Å². The highest BCUT2D eigenvalue weighted by molar-refractivity contribution is 5.91. The van der Waals surface area contributed by atoms with Gasteiger partial charge in [0.2, 0.25) is 11.9 Å². The SMILES string of the molecule is CC(C)C(=O)Nc1nc2c(ncn2[C@@H]2O[C@H](CN=[N+]=[N-])C[C@H]2O)c(=O)[nH]1. The zero-order chi connectivity index (χ0) is 18.8. The molecule has 0 unspecified atom stereocenters. The number of nitrogens with one attached hydrogen (secondary N) is 2. The molecule has 2 aromatic rings. The van der Waals surface area contributed by atoms with Crippen LogP contribution in [0.3, 0.4) is 0 Å². The highest BCUT2D eigenvalue weighted by atomic mass is 16.5. The molecule has 2 aromatic heterocycles. The summed E-state index contributed by atoms with van der Waals surface area (Å²) in [4.78, 5) is 37.4. The first-order valence-electron chi connectivity index (χ1n) is 8.02. The van der Waals surface area contributed by atoms with E-state index in [-0.39, 0.29) is 41.9 Å². The molecule has 1 fully saturated rings. The van der Waals surface area contributed by atoms with E-state index >= 15 is 0 Å². The number of aromatic nitrogens is 4. The van der Waals surface area contributed by atoms with Crippen molar-refractivity contribution in [3.05, 3.63) is 27.1 Å². The monoisotopic (exact) mass is 362 g/mol. The van der Waals surface area contributed by atoms with Crippen molar-refractivity contribution in [2.75, 3.05) is 11.9 Å². The molecule has 138 valence electrons. The predicted molar refractivity (Wildman–Crippen MR) is 90.2 cm³/mol. The molecule has 12 nitrogen and oxygen atoms in total. The Labute approximate surface area is 146 Å². The fraction of sp³-hybridized carbons (Fsp3) is 0.571. The van der Waals surface area contributed by atoms with Gasteiger partial charge in [-0.25, -0.2) is 4.98 Å². The Balaban J connectivity index is 1.94. The number of nitrogens with zero attached hydrogens (tertiary/aromatic N) is 6. The van der Waals surface area contributed by atoms with E-state index in [9.17, 15) is 14.7 Å². The average Bonchev–Trinajstić information content (AvgIpc) is 3.16. The van der Waals surface area contributed by atoms with Gasteiger partial charge in [-0.1, -0.05) is 19.0 Å². The van der Waals surface area contributed by atoms with Crippen LogP contribution in [0, 0.1) is 5.92 Å². The van der Waals surface area contributed by atoms with Crippen molar-refractivity contribution in [2.24, 2.45) is 11.0 Å². The molecule has 1 saturated heterocycles. The first-order valence-corrected chi connectivity index (χ1v) is 8.02. The van der Waals surface area contributed by atoms with Crippen LogP contribution in [-0.2, 0) is 9.53 Å². The van der Waals surface area contributed by atoms with Gasteiger partial charge in [0.15, 0.2) is 17.4 Å². The molecular formula is C14H18N8O4. The Morgan fingerprint density at radius 2 is 2.42 bits per heavy atom. The molecule has 12 heteroatoms. The summed E-state index contributed by atoms with van der Waals surface area (Å²) in [5, 5.41) is 16.2. The number of azide groups is 1. The van der Waals surface area contributed by atoms with Crippen LogP contribution >= 0.6 is 0 Å². The van der Waals surface area contributed by atoms with Crippen LogP contribution in [0.25, 0.3) is 21.6 Å². The predicted octanol–water partition coefficient (Wildman–Crippen LogP) is 0.673. The molecule has 3 heterocycles. The minimum atomic E-state index is -0.888. The number of anilines is 1. The standard InChI is InChI=1S/C14H18N8O4/c1-6(2)11(24)19-14-18-10-9(12(25)20-14)16-5-22(10)13-8(23)3-7(26-13)4-17-21-15/h5-8,13,23H,3-4H2,1-2H3,(H2,18,19,20,24,25)/t7-,8+,13+/m0/s1. The number of aliphatic hydroxyl groups is 1. The zero-order valence-electron chi connectivity index (χ0n) is 14.2. The number of fused-ring (bicyclic) bond motifs is 1. The van der Waals surface area contributed by atoms with E-state index in [4.69, 9.17) is 10.3 Å². The van der Waals surface area contributed by atoms with Gasteiger partial charge >= 0.3 is 0 Å². The van der Waals surface area contributed by atoms with E-state index in [2.05, 4.69) is 30.3 Å². The quantitative estimate of drug-likeness (QED) is 0.401. The number of hydrogen-bond acceptors (Lipinski definition) is 7. The van der Waals surface area contributed by atoms with Crippen LogP contribution in [0.1, 0.15) is 26.5 Å². The van der Waals surface area contributed by atoms with Crippen molar-refractivity contribution in [1.82, 2.24) is 19.5 Å². The number of aromatic amines is 1. The van der Waals surface area contributed by atoms with E-state index in [1.165, 1.54) is 10.9 Å². The molecule has 3 rings (SSSR count). The first-order chi connectivity index (χ1) is 12.4. The summed E-state index contributed by atoms with van der Waals surface area (Å²) in [7, 11) is 0. The Hall–Kier alpha value is -2.95. The van der Waals surface area contributed by atoms with Crippen LogP contribution in [-0.4, -0.2) is 49.3 Å². The van der Waals surface area contributed by atoms with Crippen molar-refractivity contribution >= 4 is 23.0 Å². The molecule has 0 bridgehead atoms. The number of aliphatic hydroxyl groups excluding tert-OH is 1. The summed E-state index contributed by atoms with van der Waals surface area (Å²) >= 11 is 0. The van der Waals surface area contributed by atoms with Crippen molar-refractivity contribution < 1.29 is 14.6 Å². The van der Waals surface area contributed by atoms with Crippen LogP contribution in [0.5, 0.6) is 0 Å². The van der Waals surface area contributed by atoms with Gasteiger partial charge in [0.1, 0.15) is 6.10 Å². The molecule has 1 aliphatic heterocycles. The molecule has 3 N–H and O–H groups in total. The summed E-state index contributed by atoms with van der Waals surface area (Å²) in [6, 6.07) is 0. The summed E-state index contributed by atoms with van der Waals surface area (Å²) in [6.45, 7) is 3.51. The Bertz CT molecular complexity index is 929. The maximum atomic E-state index is 12.2. The number of carbonyl (C=O) groups is 1. The third-order valence-electron chi connectivity index (χ3n) is 3.99. The molecule has 1 aliphatic rings. The fourth-order valence-corrected chi connectivity index (χ4v) is 2.66. The van der Waals surface area contributed by atoms with Gasteiger partial charge in [0, 0.05) is 17.3 Å². The van der Waals surface area contributed by atoms with E-state index in [0.717, 1.165) is 0 Å². The van der Waals surface area contributed by atoms with E-state index < -0.39 is 24.0 Å². The lowest BCUT2D eigenvalue weighted by Crippen LogP contribution is -2.23. The van der Waals surface area contributed by atoms with Crippen molar-refractivity contribution in [2.45, 2.75) is 38.7 Å². The normalized spacial score (nSPS) is 22.5. The minimum Gasteiger partial charge on any atom is -0.388 e. The molecule has 0 aromatic carbocycles. The van der Waals surface area contributed by atoms with Crippen molar-refractivity contribution in [1.29, 1.82) is 0 Å². The lowest BCUT2D eigenvalue weighted by atomic mass is 10.2. The number of ether oxygens (including phenoxy) is 1. The molecule has 0 radical (unpaired) electrons. The second-order valence-electron chi connectivity index (χ2n) is 6.25. The zero-order valence-corrected chi connectivity index (χ0v) is 14.2. The summed E-state index contributed by atoms with van der Waals surface area (Å²) in [5.41, 5.74) is 8.10.